The molecule has 0 bridgehead atoms. The highest BCUT2D eigenvalue weighted by Crippen LogP contribution is 2.28. The van der Waals surface area contributed by atoms with E-state index in [-0.39, 0.29) is 24.0 Å². The van der Waals surface area contributed by atoms with E-state index in [1.165, 1.54) is 5.56 Å². The smallest absolute Gasteiger partial charge is 0.191 e. The molecule has 8 heteroatoms. The van der Waals surface area contributed by atoms with Gasteiger partial charge in [-0.15, -0.1) is 24.0 Å². The molecule has 0 amide bonds. The highest BCUT2D eigenvalue weighted by Gasteiger charge is 2.19. The summed E-state index contributed by atoms with van der Waals surface area (Å²) in [6, 6.07) is 6.64. The molecule has 2 N–H and O–H groups in total. The molecule has 178 valence electrons. The van der Waals surface area contributed by atoms with Crippen LogP contribution in [0.3, 0.4) is 0 Å². The first-order valence-electron chi connectivity index (χ1n) is 11.3. The van der Waals surface area contributed by atoms with Crippen molar-refractivity contribution in [3.63, 3.8) is 0 Å². The van der Waals surface area contributed by atoms with E-state index < -0.39 is 0 Å². The number of benzene rings is 1. The van der Waals surface area contributed by atoms with Gasteiger partial charge >= 0.3 is 0 Å². The predicted octanol–water partition coefficient (Wildman–Crippen LogP) is 3.31. The number of halogens is 1. The number of aryl methyl sites for hydroxylation is 1. The van der Waals surface area contributed by atoms with Crippen LogP contribution in [0.25, 0.3) is 0 Å². The first-order valence-corrected chi connectivity index (χ1v) is 11.3. The highest BCUT2D eigenvalue weighted by atomic mass is 127. The van der Waals surface area contributed by atoms with Gasteiger partial charge in [-0.2, -0.15) is 0 Å². The van der Waals surface area contributed by atoms with E-state index >= 15 is 0 Å². The zero-order valence-corrected chi connectivity index (χ0v) is 21.9. The minimum absolute atomic E-state index is 0. The van der Waals surface area contributed by atoms with Crippen LogP contribution in [0.4, 0.5) is 0 Å². The van der Waals surface area contributed by atoms with E-state index in [0.717, 1.165) is 82.5 Å². The van der Waals surface area contributed by atoms with Gasteiger partial charge in [0.05, 0.1) is 20.3 Å². The van der Waals surface area contributed by atoms with Gasteiger partial charge in [0, 0.05) is 45.9 Å². The Morgan fingerprint density at radius 2 is 1.94 bits per heavy atom. The molecule has 0 unspecified atom stereocenters. The van der Waals surface area contributed by atoms with Gasteiger partial charge in [0.25, 0.3) is 0 Å². The number of aliphatic imine (C=N–C) groups is 1. The summed E-state index contributed by atoms with van der Waals surface area (Å²) in [6.45, 7) is 10.4. The lowest BCUT2D eigenvalue weighted by Crippen LogP contribution is -2.49. The van der Waals surface area contributed by atoms with E-state index in [4.69, 9.17) is 19.2 Å². The van der Waals surface area contributed by atoms with Crippen LogP contribution in [0.15, 0.2) is 23.2 Å². The van der Waals surface area contributed by atoms with E-state index in [2.05, 4.69) is 34.6 Å². The summed E-state index contributed by atoms with van der Waals surface area (Å²) in [7, 11) is 3.44. The van der Waals surface area contributed by atoms with Crippen molar-refractivity contribution in [3.8, 4) is 11.5 Å². The third kappa shape index (κ3) is 10.3. The molecule has 0 atom stereocenters. The van der Waals surface area contributed by atoms with Crippen molar-refractivity contribution in [2.45, 2.75) is 45.6 Å². The average molecular weight is 549 g/mol. The molecule has 1 aliphatic heterocycles. The second kappa shape index (κ2) is 16.4. The van der Waals surface area contributed by atoms with E-state index in [1.807, 2.05) is 13.0 Å². The summed E-state index contributed by atoms with van der Waals surface area (Å²) in [5, 5.41) is 7.00. The first-order chi connectivity index (χ1) is 14.7. The van der Waals surface area contributed by atoms with Gasteiger partial charge in [0.15, 0.2) is 17.5 Å². The molecule has 31 heavy (non-hydrogen) atoms. The third-order valence-electron chi connectivity index (χ3n) is 5.31. The lowest BCUT2D eigenvalue weighted by atomic mass is 10.1. The molecule has 1 heterocycles. The Labute approximate surface area is 205 Å². The summed E-state index contributed by atoms with van der Waals surface area (Å²) >= 11 is 0. The average Bonchev–Trinajstić information content (AvgIpc) is 2.76. The van der Waals surface area contributed by atoms with Gasteiger partial charge in [-0.3, -0.25) is 4.99 Å². The number of nitrogens with one attached hydrogen (secondary N) is 2. The number of guanidine groups is 1. The minimum atomic E-state index is 0. The monoisotopic (exact) mass is 548 g/mol. The molecule has 0 aromatic heterocycles. The maximum atomic E-state index is 5.68. The maximum absolute atomic E-state index is 5.68. The fourth-order valence-corrected chi connectivity index (χ4v) is 3.65. The largest absolute Gasteiger partial charge is 0.493 e. The van der Waals surface area contributed by atoms with Crippen LogP contribution < -0.4 is 20.1 Å². The fourth-order valence-electron chi connectivity index (χ4n) is 3.65. The third-order valence-corrected chi connectivity index (χ3v) is 5.31. The fraction of sp³-hybridized carbons (Fsp3) is 0.696. The summed E-state index contributed by atoms with van der Waals surface area (Å²) < 4.78 is 16.2. The van der Waals surface area contributed by atoms with Crippen LogP contribution in [0.1, 0.15) is 38.7 Å². The Morgan fingerprint density at radius 1 is 1.16 bits per heavy atom. The topological polar surface area (TPSA) is 67.4 Å². The molecular formula is C23H41IN4O3. The molecule has 1 fully saturated rings. The molecule has 2 rings (SSSR count). The molecule has 0 spiro atoms. The summed E-state index contributed by atoms with van der Waals surface area (Å²) in [5.74, 6) is 2.52. The van der Waals surface area contributed by atoms with Crippen LogP contribution in [0, 0.1) is 0 Å². The Balaban J connectivity index is 0.00000480. The molecular weight excluding hydrogens is 507 g/mol. The molecule has 0 saturated carbocycles. The second-order valence-corrected chi connectivity index (χ2v) is 7.54. The summed E-state index contributed by atoms with van der Waals surface area (Å²) in [5.41, 5.74) is 1.25. The normalized spacial score (nSPS) is 15.3. The van der Waals surface area contributed by atoms with Crippen LogP contribution in [-0.4, -0.2) is 77.1 Å². The van der Waals surface area contributed by atoms with Crippen molar-refractivity contribution in [1.82, 2.24) is 15.5 Å². The molecule has 1 aromatic carbocycles. The molecule has 0 aliphatic carbocycles. The number of ether oxygens (including phenoxy) is 3. The molecule has 7 nitrogen and oxygen atoms in total. The number of hydrogen-bond acceptors (Lipinski definition) is 5. The summed E-state index contributed by atoms with van der Waals surface area (Å²) in [6.07, 6.45) is 4.23. The van der Waals surface area contributed by atoms with Gasteiger partial charge in [0.1, 0.15) is 0 Å². The van der Waals surface area contributed by atoms with Crippen molar-refractivity contribution < 1.29 is 14.2 Å². The lowest BCUT2D eigenvalue weighted by molar-refractivity contribution is 0.128. The highest BCUT2D eigenvalue weighted by molar-refractivity contribution is 14.0. The number of methoxy groups -OCH3 is 2. The number of nitrogens with zero attached hydrogens (tertiary/aromatic N) is 2. The maximum Gasteiger partial charge on any atom is 0.191 e. The Kier molecular flexibility index (Phi) is 14.7. The van der Waals surface area contributed by atoms with Crippen molar-refractivity contribution in [3.05, 3.63) is 23.8 Å². The van der Waals surface area contributed by atoms with Crippen LogP contribution >= 0.6 is 24.0 Å². The Morgan fingerprint density at radius 3 is 2.58 bits per heavy atom. The van der Waals surface area contributed by atoms with Gasteiger partial charge in [0.2, 0.25) is 0 Å². The Bertz CT molecular complexity index is 637. The Hall–Kier alpha value is -1.26. The van der Waals surface area contributed by atoms with Crippen molar-refractivity contribution in [2.24, 2.45) is 4.99 Å². The number of likely N-dealkylation sites (tertiary alicyclic amines) is 1. The zero-order valence-electron chi connectivity index (χ0n) is 19.6. The number of hydrogen-bond donors (Lipinski definition) is 2. The number of piperidine rings is 1. The standard InChI is InChI=1S/C23H40N4O3.HI/c1-5-24-23(26-20-11-14-27(15-12-20)16-17-28-3)25-13-7-8-19-9-10-21(29-4)22(18-19)30-6-2;/h9-10,18,20H,5-8,11-17H2,1-4H3,(H2,24,25,26);1H. The quantitative estimate of drug-likeness (QED) is 0.181. The van der Waals surface area contributed by atoms with Crippen LogP contribution in [0.5, 0.6) is 11.5 Å². The van der Waals surface area contributed by atoms with Crippen molar-refractivity contribution in [1.29, 1.82) is 0 Å². The van der Waals surface area contributed by atoms with Crippen molar-refractivity contribution in [2.75, 3.05) is 60.2 Å². The van der Waals surface area contributed by atoms with Crippen LogP contribution in [-0.2, 0) is 11.2 Å². The van der Waals surface area contributed by atoms with Gasteiger partial charge in [-0.05, 0) is 57.2 Å². The molecule has 1 aromatic rings. The minimum Gasteiger partial charge on any atom is -0.493 e. The van der Waals surface area contributed by atoms with Gasteiger partial charge in [-0.1, -0.05) is 6.07 Å². The zero-order chi connectivity index (χ0) is 21.6. The van der Waals surface area contributed by atoms with Crippen LogP contribution in [0.2, 0.25) is 0 Å². The first kappa shape index (κ1) is 27.8. The predicted molar refractivity (Wildman–Crippen MR) is 138 cm³/mol. The van der Waals surface area contributed by atoms with E-state index in [9.17, 15) is 0 Å². The van der Waals surface area contributed by atoms with E-state index in [0.29, 0.717) is 12.6 Å². The lowest BCUT2D eigenvalue weighted by Gasteiger charge is -2.32. The van der Waals surface area contributed by atoms with E-state index in [1.54, 1.807) is 14.2 Å². The van der Waals surface area contributed by atoms with Crippen molar-refractivity contribution >= 4 is 29.9 Å². The van der Waals surface area contributed by atoms with Gasteiger partial charge in [-0.25, -0.2) is 0 Å². The second-order valence-electron chi connectivity index (χ2n) is 7.54. The van der Waals surface area contributed by atoms with Gasteiger partial charge < -0.3 is 29.7 Å². The SMILES string of the molecule is CCNC(=NCCCc1ccc(OC)c(OCC)c1)NC1CCN(CCOC)CC1.I. The molecule has 1 aliphatic rings. The number of rotatable bonds is 12. The molecule has 1 saturated heterocycles. The summed E-state index contributed by atoms with van der Waals surface area (Å²) in [4.78, 5) is 7.26. The molecule has 0 radical (unpaired) electrons.